The zero-order valence-corrected chi connectivity index (χ0v) is 10.3. The summed E-state index contributed by atoms with van der Waals surface area (Å²) < 4.78 is 5.32. The van der Waals surface area contributed by atoms with Crippen molar-refractivity contribution in [3.8, 4) is 0 Å². The fraction of sp³-hybridized carbons (Fsp3) is 0.538. The summed E-state index contributed by atoms with van der Waals surface area (Å²) in [6, 6.07) is 0.0304. The lowest BCUT2D eigenvalue weighted by molar-refractivity contribution is 0.274. The van der Waals surface area contributed by atoms with E-state index < -0.39 is 0 Å². The Balaban J connectivity index is 2.11. The smallest absolute Gasteiger partial charge is 0.0961 e. The van der Waals surface area contributed by atoms with Crippen LogP contribution in [-0.4, -0.2) is 13.2 Å². The minimum Gasteiger partial charge on any atom is -0.501 e. The Hall–Kier alpha value is -1.67. The van der Waals surface area contributed by atoms with E-state index in [-0.39, 0.29) is 6.04 Å². The Bertz CT molecular complexity index is 442. The molecule has 0 saturated heterocycles. The molecule has 0 N–H and O–H groups in total. The first-order valence-electron chi connectivity index (χ1n) is 5.94. The van der Waals surface area contributed by atoms with Crippen LogP contribution in [0.4, 0.5) is 0 Å². The first-order chi connectivity index (χ1) is 8.24. The third kappa shape index (κ3) is 2.53. The van der Waals surface area contributed by atoms with E-state index in [1.807, 2.05) is 6.92 Å². The number of hydrogen-bond acceptors (Lipinski definition) is 2. The molecule has 4 heteroatoms. The summed E-state index contributed by atoms with van der Waals surface area (Å²) in [5.41, 5.74) is 11.2. The second-order valence-corrected chi connectivity index (χ2v) is 4.55. The quantitative estimate of drug-likeness (QED) is 0.411. The summed E-state index contributed by atoms with van der Waals surface area (Å²) in [6.45, 7) is 1.95. The zero-order valence-electron chi connectivity index (χ0n) is 10.3. The number of methoxy groups -OCH3 is 1. The van der Waals surface area contributed by atoms with Crippen LogP contribution < -0.4 is 0 Å². The number of rotatable bonds is 4. The van der Waals surface area contributed by atoms with E-state index in [2.05, 4.69) is 28.3 Å². The number of ether oxygens (including phenoxy) is 1. The van der Waals surface area contributed by atoms with Crippen molar-refractivity contribution >= 4 is 0 Å². The van der Waals surface area contributed by atoms with Gasteiger partial charge in [-0.1, -0.05) is 24.2 Å². The minimum atomic E-state index is 0.0304. The van der Waals surface area contributed by atoms with E-state index in [0.29, 0.717) is 5.92 Å². The molecule has 0 aromatic heterocycles. The molecule has 90 valence electrons. The van der Waals surface area contributed by atoms with E-state index in [0.717, 1.165) is 25.0 Å². The molecule has 2 aliphatic rings. The molecule has 0 aliphatic heterocycles. The van der Waals surface area contributed by atoms with Gasteiger partial charge in [0.2, 0.25) is 0 Å². The highest BCUT2D eigenvalue weighted by Crippen LogP contribution is 2.37. The summed E-state index contributed by atoms with van der Waals surface area (Å²) in [4.78, 5) is 2.86. The highest BCUT2D eigenvalue weighted by molar-refractivity contribution is 5.46. The highest BCUT2D eigenvalue weighted by Gasteiger charge is 2.24. The monoisotopic (exact) mass is 231 g/mol. The van der Waals surface area contributed by atoms with Gasteiger partial charge in [-0.2, -0.15) is 0 Å². The van der Waals surface area contributed by atoms with Crippen LogP contribution in [-0.2, 0) is 4.74 Å². The fourth-order valence-corrected chi connectivity index (χ4v) is 2.47. The van der Waals surface area contributed by atoms with E-state index in [1.165, 1.54) is 11.1 Å². The molecule has 2 aliphatic carbocycles. The first kappa shape index (κ1) is 11.8. The lowest BCUT2D eigenvalue weighted by Gasteiger charge is -2.19. The second kappa shape index (κ2) is 5.11. The molecule has 0 aromatic rings. The van der Waals surface area contributed by atoms with Gasteiger partial charge in [-0.05, 0) is 35.6 Å². The van der Waals surface area contributed by atoms with Gasteiger partial charge in [0.1, 0.15) is 0 Å². The molecule has 0 aromatic carbocycles. The molecule has 0 radical (unpaired) electrons. The second-order valence-electron chi connectivity index (χ2n) is 4.55. The van der Waals surface area contributed by atoms with Crippen LogP contribution in [0.5, 0.6) is 0 Å². The zero-order chi connectivity index (χ0) is 12.3. The van der Waals surface area contributed by atoms with Crippen LogP contribution in [0.2, 0.25) is 0 Å². The summed E-state index contributed by atoms with van der Waals surface area (Å²) in [6.07, 6.45) is 9.46. The molecule has 0 spiro atoms. The van der Waals surface area contributed by atoms with E-state index in [4.69, 9.17) is 10.3 Å². The maximum atomic E-state index is 8.42. The Morgan fingerprint density at radius 1 is 1.59 bits per heavy atom. The van der Waals surface area contributed by atoms with Crippen LogP contribution in [0.25, 0.3) is 10.4 Å². The maximum absolute atomic E-state index is 8.42. The molecular weight excluding hydrogens is 214 g/mol. The molecule has 0 fully saturated rings. The van der Waals surface area contributed by atoms with Crippen LogP contribution in [0, 0.1) is 5.92 Å². The molecular formula is C13H17N3O. The Morgan fingerprint density at radius 2 is 2.41 bits per heavy atom. The lowest BCUT2D eigenvalue weighted by Crippen LogP contribution is -2.09. The Kier molecular flexibility index (Phi) is 3.55. The van der Waals surface area contributed by atoms with Crippen LogP contribution in [0.15, 0.2) is 40.2 Å². The molecule has 2 unspecified atom stereocenters. The molecule has 0 bridgehead atoms. The van der Waals surface area contributed by atoms with Crippen molar-refractivity contribution in [2.24, 2.45) is 11.0 Å². The van der Waals surface area contributed by atoms with Crippen molar-refractivity contribution in [3.05, 3.63) is 45.6 Å². The standard InChI is InChI=1S/C13H17N3O/c1-9(15-16-14)7-11-4-3-10-5-6-12(17-2)8-13(10)11/h3-4,8-9,11H,5-7H2,1-2H3. The Morgan fingerprint density at radius 3 is 3.12 bits per heavy atom. The van der Waals surface area contributed by atoms with Gasteiger partial charge in [0.15, 0.2) is 0 Å². The minimum absolute atomic E-state index is 0.0304. The van der Waals surface area contributed by atoms with Crippen molar-refractivity contribution in [2.75, 3.05) is 7.11 Å². The predicted molar refractivity (Wildman–Crippen MR) is 67.2 cm³/mol. The predicted octanol–water partition coefficient (Wildman–Crippen LogP) is 3.88. The first-order valence-corrected chi connectivity index (χ1v) is 5.94. The fourth-order valence-electron chi connectivity index (χ4n) is 2.47. The van der Waals surface area contributed by atoms with Crippen LogP contribution in [0.1, 0.15) is 26.2 Å². The molecule has 4 nitrogen and oxygen atoms in total. The van der Waals surface area contributed by atoms with Gasteiger partial charge in [0.25, 0.3) is 0 Å². The topological polar surface area (TPSA) is 58.0 Å². The summed E-state index contributed by atoms with van der Waals surface area (Å²) in [7, 11) is 1.72. The van der Waals surface area contributed by atoms with Gasteiger partial charge in [0, 0.05) is 23.3 Å². The molecule has 0 saturated carbocycles. The average Bonchev–Trinajstić information content (AvgIpc) is 2.72. The average molecular weight is 231 g/mol. The van der Waals surface area contributed by atoms with Crippen molar-refractivity contribution in [1.29, 1.82) is 0 Å². The van der Waals surface area contributed by atoms with Crippen molar-refractivity contribution < 1.29 is 4.74 Å². The SMILES string of the molecule is COC1=CC2=C(C=CC2CC(C)N=[N+]=[N-])CC1. The Labute approximate surface area is 101 Å². The number of hydrogen-bond donors (Lipinski definition) is 0. The third-order valence-electron chi connectivity index (χ3n) is 3.36. The van der Waals surface area contributed by atoms with Gasteiger partial charge in [0.05, 0.1) is 12.9 Å². The van der Waals surface area contributed by atoms with Gasteiger partial charge in [-0.15, -0.1) is 0 Å². The van der Waals surface area contributed by atoms with E-state index >= 15 is 0 Å². The number of allylic oxidation sites excluding steroid dienone is 6. The van der Waals surface area contributed by atoms with Gasteiger partial charge >= 0.3 is 0 Å². The summed E-state index contributed by atoms with van der Waals surface area (Å²) >= 11 is 0. The van der Waals surface area contributed by atoms with Crippen molar-refractivity contribution in [3.63, 3.8) is 0 Å². The molecule has 2 atom stereocenters. The van der Waals surface area contributed by atoms with Crippen LogP contribution in [0.3, 0.4) is 0 Å². The normalized spacial score (nSPS) is 23.9. The van der Waals surface area contributed by atoms with Gasteiger partial charge in [-0.3, -0.25) is 0 Å². The number of azide groups is 1. The number of nitrogens with zero attached hydrogens (tertiary/aromatic N) is 3. The largest absolute Gasteiger partial charge is 0.501 e. The molecule has 0 heterocycles. The van der Waals surface area contributed by atoms with Crippen molar-refractivity contribution in [1.82, 2.24) is 0 Å². The third-order valence-corrected chi connectivity index (χ3v) is 3.36. The van der Waals surface area contributed by atoms with Gasteiger partial charge in [-0.25, -0.2) is 0 Å². The molecule has 17 heavy (non-hydrogen) atoms. The maximum Gasteiger partial charge on any atom is 0.0961 e. The summed E-state index contributed by atoms with van der Waals surface area (Å²) in [5.74, 6) is 1.42. The van der Waals surface area contributed by atoms with E-state index in [9.17, 15) is 0 Å². The lowest BCUT2D eigenvalue weighted by atomic mass is 9.89. The summed E-state index contributed by atoms with van der Waals surface area (Å²) in [5, 5.41) is 3.74. The van der Waals surface area contributed by atoms with Crippen LogP contribution >= 0.6 is 0 Å². The molecule has 2 rings (SSSR count). The molecule has 0 amide bonds. The van der Waals surface area contributed by atoms with Crippen molar-refractivity contribution in [2.45, 2.75) is 32.2 Å². The highest BCUT2D eigenvalue weighted by atomic mass is 16.5. The van der Waals surface area contributed by atoms with E-state index in [1.54, 1.807) is 7.11 Å². The van der Waals surface area contributed by atoms with Gasteiger partial charge < -0.3 is 4.74 Å².